The van der Waals surface area contributed by atoms with Crippen LogP contribution in [0.3, 0.4) is 0 Å². The molecule has 0 amide bonds. The summed E-state index contributed by atoms with van der Waals surface area (Å²) in [5, 5.41) is 15.0. The van der Waals surface area contributed by atoms with E-state index in [1.807, 2.05) is 53.4 Å². The normalized spacial score (nSPS) is 9.00. The van der Waals surface area contributed by atoms with Crippen LogP contribution in [0.4, 0.5) is 0 Å². The Kier molecular flexibility index (Phi) is 4.97. The van der Waals surface area contributed by atoms with E-state index in [1.165, 1.54) is 0 Å². The van der Waals surface area contributed by atoms with Gasteiger partial charge in [-0.25, -0.2) is 0 Å². The highest BCUT2D eigenvalue weighted by atomic mass is 35.5. The van der Waals surface area contributed by atoms with Crippen LogP contribution < -0.4 is 0 Å². The molecule has 0 unspecified atom stereocenters. The zero-order valence-electron chi connectivity index (χ0n) is 8.05. The lowest BCUT2D eigenvalue weighted by Gasteiger charge is -2.01. The predicted octanol–water partition coefficient (Wildman–Crippen LogP) is 1.37. The van der Waals surface area contributed by atoms with Gasteiger partial charge in [0.2, 0.25) is 0 Å². The van der Waals surface area contributed by atoms with E-state index in [2.05, 4.69) is 0 Å². The lowest BCUT2D eigenvalue weighted by atomic mass is 10.3. The van der Waals surface area contributed by atoms with Gasteiger partial charge in [-0.05, 0) is 36.4 Å². The van der Waals surface area contributed by atoms with Gasteiger partial charge in [0.15, 0.2) is 0 Å². The van der Waals surface area contributed by atoms with Gasteiger partial charge in [-0.1, -0.05) is 11.6 Å². The summed E-state index contributed by atoms with van der Waals surface area (Å²) in [6.45, 7) is 0. The number of rotatable bonds is 1. The molecule has 0 aliphatic heterocycles. The summed E-state index contributed by atoms with van der Waals surface area (Å²) in [6.07, 6.45) is 4.01. The van der Waals surface area contributed by atoms with Gasteiger partial charge >= 0.3 is 7.69 Å². The third kappa shape index (κ3) is 3.79. The minimum Gasteiger partial charge on any atom is -0.430 e. The van der Waals surface area contributed by atoms with Gasteiger partial charge in [0.1, 0.15) is 0 Å². The van der Waals surface area contributed by atoms with E-state index in [0.717, 1.165) is 10.7 Å². The van der Waals surface area contributed by atoms with Crippen molar-refractivity contribution in [3.05, 3.63) is 53.8 Å². The lowest BCUT2D eigenvalue weighted by molar-refractivity contribution is 0.448. The van der Waals surface area contributed by atoms with E-state index in [-0.39, 0.29) is 0 Å². The van der Waals surface area contributed by atoms with Gasteiger partial charge in [0.05, 0.1) is 0 Å². The molecule has 2 N–H and O–H groups in total. The van der Waals surface area contributed by atoms with E-state index in [1.54, 1.807) is 0 Å². The van der Waals surface area contributed by atoms with Crippen molar-refractivity contribution in [1.82, 2.24) is 4.57 Å². The summed E-state index contributed by atoms with van der Waals surface area (Å²) >= 11 is 5.76. The van der Waals surface area contributed by atoms with Gasteiger partial charge in [0.25, 0.3) is 0 Å². The summed E-state index contributed by atoms with van der Waals surface area (Å²) in [5.74, 6) is 0. The molecule has 1 aromatic heterocycles. The first kappa shape index (κ1) is 11.8. The molecule has 15 heavy (non-hydrogen) atoms. The van der Waals surface area contributed by atoms with Crippen molar-refractivity contribution in [2.75, 3.05) is 0 Å². The van der Waals surface area contributed by atoms with Crippen LogP contribution in [0.15, 0.2) is 48.8 Å². The molecule has 0 saturated heterocycles. The molecule has 0 radical (unpaired) electrons. The molecule has 1 heterocycles. The maximum absolute atomic E-state index is 7.12. The fourth-order valence-corrected chi connectivity index (χ4v) is 1.25. The van der Waals surface area contributed by atoms with Crippen LogP contribution in [0.1, 0.15) is 0 Å². The lowest BCUT2D eigenvalue weighted by Crippen LogP contribution is -1.87. The van der Waals surface area contributed by atoms with Crippen LogP contribution in [0.5, 0.6) is 0 Å². The molecule has 0 atom stereocenters. The van der Waals surface area contributed by atoms with E-state index in [0.29, 0.717) is 0 Å². The Bertz CT molecular complexity index is 375. The van der Waals surface area contributed by atoms with E-state index < -0.39 is 7.69 Å². The van der Waals surface area contributed by atoms with Gasteiger partial charge < -0.3 is 14.6 Å². The van der Waals surface area contributed by atoms with Crippen molar-refractivity contribution in [3.8, 4) is 5.69 Å². The summed E-state index contributed by atoms with van der Waals surface area (Å²) in [7, 11) is -0.750. The van der Waals surface area contributed by atoms with Crippen molar-refractivity contribution in [1.29, 1.82) is 0 Å². The maximum atomic E-state index is 7.12. The minimum absolute atomic E-state index is 0.750. The maximum Gasteiger partial charge on any atom is 0.432 e. The smallest absolute Gasteiger partial charge is 0.430 e. The van der Waals surface area contributed by atoms with Crippen molar-refractivity contribution in [2.45, 2.75) is 0 Å². The summed E-state index contributed by atoms with van der Waals surface area (Å²) in [6, 6.07) is 11.7. The molecule has 0 saturated carbocycles. The number of hydrogen-bond donors (Lipinski definition) is 2. The number of aromatic nitrogens is 1. The van der Waals surface area contributed by atoms with Crippen LogP contribution >= 0.6 is 11.6 Å². The van der Waals surface area contributed by atoms with Crippen LogP contribution in [0, 0.1) is 0 Å². The SMILES string of the molecule is Clc1ccc(-n2cccc2)cc1.OBO. The average molecular weight is 223 g/mol. The Hall–Kier alpha value is -1.23. The second-order valence-electron chi connectivity index (χ2n) is 2.71. The first-order chi connectivity index (χ1) is 7.27. The molecule has 0 spiro atoms. The molecular formula is C10H11BClNO2. The average Bonchev–Trinajstić information content (AvgIpc) is 2.73. The van der Waals surface area contributed by atoms with Crippen LogP contribution in [-0.4, -0.2) is 22.3 Å². The number of nitrogens with zero attached hydrogens (tertiary/aromatic N) is 1. The molecule has 2 rings (SSSR count). The van der Waals surface area contributed by atoms with E-state index >= 15 is 0 Å². The van der Waals surface area contributed by atoms with Gasteiger partial charge in [-0.2, -0.15) is 0 Å². The second kappa shape index (κ2) is 6.29. The quantitative estimate of drug-likeness (QED) is 0.717. The Morgan fingerprint density at radius 1 is 1.00 bits per heavy atom. The zero-order chi connectivity index (χ0) is 11.1. The van der Waals surface area contributed by atoms with Crippen LogP contribution in [0.25, 0.3) is 5.69 Å². The molecule has 0 bridgehead atoms. The summed E-state index contributed by atoms with van der Waals surface area (Å²) in [4.78, 5) is 0. The highest BCUT2D eigenvalue weighted by Crippen LogP contribution is 2.12. The van der Waals surface area contributed by atoms with Gasteiger partial charge in [0, 0.05) is 23.1 Å². The number of halogens is 1. The minimum atomic E-state index is -0.750. The highest BCUT2D eigenvalue weighted by molar-refractivity contribution is 6.30. The first-order valence-corrected chi connectivity index (χ1v) is 4.76. The largest absolute Gasteiger partial charge is 0.432 e. The van der Waals surface area contributed by atoms with Crippen molar-refractivity contribution >= 4 is 19.3 Å². The van der Waals surface area contributed by atoms with Crippen molar-refractivity contribution in [3.63, 3.8) is 0 Å². The van der Waals surface area contributed by atoms with Crippen LogP contribution in [-0.2, 0) is 0 Å². The molecule has 3 nitrogen and oxygen atoms in total. The zero-order valence-corrected chi connectivity index (χ0v) is 8.80. The Labute approximate surface area is 93.9 Å². The topological polar surface area (TPSA) is 45.4 Å². The molecule has 2 aromatic rings. The Morgan fingerprint density at radius 3 is 1.93 bits per heavy atom. The molecule has 0 aliphatic carbocycles. The first-order valence-electron chi connectivity index (χ1n) is 4.38. The van der Waals surface area contributed by atoms with Crippen LogP contribution in [0.2, 0.25) is 5.02 Å². The summed E-state index contributed by atoms with van der Waals surface area (Å²) < 4.78 is 2.04. The molecule has 5 heteroatoms. The van der Waals surface area contributed by atoms with Gasteiger partial charge in [-0.3, -0.25) is 0 Å². The molecule has 0 aliphatic rings. The highest BCUT2D eigenvalue weighted by Gasteiger charge is 1.92. The van der Waals surface area contributed by atoms with Crippen molar-refractivity contribution < 1.29 is 10.0 Å². The fourth-order valence-electron chi connectivity index (χ4n) is 1.12. The third-order valence-corrected chi connectivity index (χ3v) is 1.98. The molecular weight excluding hydrogens is 212 g/mol. The Morgan fingerprint density at radius 2 is 1.47 bits per heavy atom. The molecule has 1 aromatic carbocycles. The van der Waals surface area contributed by atoms with E-state index in [9.17, 15) is 0 Å². The Balaban J connectivity index is 0.000000337. The summed E-state index contributed by atoms with van der Waals surface area (Å²) in [5.41, 5.74) is 1.13. The van der Waals surface area contributed by atoms with Gasteiger partial charge in [-0.15, -0.1) is 0 Å². The molecule has 78 valence electrons. The second-order valence-corrected chi connectivity index (χ2v) is 3.14. The number of benzene rings is 1. The standard InChI is InChI=1S/C10H8ClN.BH3O2/c11-9-3-5-10(6-4-9)12-7-1-2-8-12;2-1-3/h1-8H;1-3H. The number of hydrogen-bond acceptors (Lipinski definition) is 2. The predicted molar refractivity (Wildman–Crippen MR) is 62.4 cm³/mol. The third-order valence-electron chi connectivity index (χ3n) is 1.73. The monoisotopic (exact) mass is 223 g/mol. The van der Waals surface area contributed by atoms with E-state index in [4.69, 9.17) is 21.6 Å². The molecule has 0 fully saturated rings. The van der Waals surface area contributed by atoms with Crippen molar-refractivity contribution in [2.24, 2.45) is 0 Å². The fraction of sp³-hybridized carbons (Fsp3) is 0.